The highest BCUT2D eigenvalue weighted by Gasteiger charge is 2.18. The predicted octanol–water partition coefficient (Wildman–Crippen LogP) is 3.36. The third kappa shape index (κ3) is 6.48. The number of rotatable bonds is 10. The molecule has 0 saturated heterocycles. The zero-order chi connectivity index (χ0) is 15.7. The molecule has 0 fully saturated rings. The molecule has 0 aromatic carbocycles. The predicted molar refractivity (Wildman–Crippen MR) is 85.6 cm³/mol. The Labute approximate surface area is 139 Å². The molecule has 0 saturated carbocycles. The summed E-state index contributed by atoms with van der Waals surface area (Å²) in [7, 11) is 0. The molecule has 0 aliphatic rings. The number of halogens is 2. The van der Waals surface area contributed by atoms with Gasteiger partial charge in [0.25, 0.3) is 0 Å². The maximum atomic E-state index is 11.7. The van der Waals surface area contributed by atoms with E-state index in [2.05, 4.69) is 23.1 Å². The van der Waals surface area contributed by atoms with Crippen LogP contribution in [0.3, 0.4) is 0 Å². The minimum atomic E-state index is -0.519. The highest BCUT2D eigenvalue weighted by Crippen LogP contribution is 2.28. The SMILES string of the molecule is CCCN(CC)CCOCCOC(=O)c1snc(Cl)c1Cl. The van der Waals surface area contributed by atoms with Crippen LogP contribution < -0.4 is 0 Å². The van der Waals surface area contributed by atoms with E-state index in [0.717, 1.165) is 37.6 Å². The molecule has 0 N–H and O–H groups in total. The van der Waals surface area contributed by atoms with Gasteiger partial charge in [-0.1, -0.05) is 37.0 Å². The fourth-order valence-corrected chi connectivity index (χ4v) is 2.79. The van der Waals surface area contributed by atoms with Crippen LogP contribution in [0.25, 0.3) is 0 Å². The van der Waals surface area contributed by atoms with Gasteiger partial charge >= 0.3 is 5.97 Å². The van der Waals surface area contributed by atoms with Crippen LogP contribution in [-0.2, 0) is 9.47 Å². The van der Waals surface area contributed by atoms with Gasteiger partial charge in [-0.3, -0.25) is 0 Å². The second kappa shape index (κ2) is 10.3. The van der Waals surface area contributed by atoms with Crippen LogP contribution in [0.1, 0.15) is 29.9 Å². The summed E-state index contributed by atoms with van der Waals surface area (Å²) in [4.78, 5) is 14.2. The van der Waals surface area contributed by atoms with Crippen molar-refractivity contribution in [2.45, 2.75) is 20.3 Å². The van der Waals surface area contributed by atoms with E-state index >= 15 is 0 Å². The molecule has 0 atom stereocenters. The Kier molecular flexibility index (Phi) is 9.19. The minimum Gasteiger partial charge on any atom is -0.459 e. The van der Waals surface area contributed by atoms with Gasteiger partial charge in [-0.05, 0) is 31.0 Å². The molecule has 120 valence electrons. The van der Waals surface area contributed by atoms with Gasteiger partial charge in [-0.25, -0.2) is 4.79 Å². The lowest BCUT2D eigenvalue weighted by atomic mass is 10.4. The molecule has 0 spiro atoms. The molecular weight excluding hydrogens is 335 g/mol. The van der Waals surface area contributed by atoms with Crippen molar-refractivity contribution in [3.8, 4) is 0 Å². The molecule has 1 aromatic heterocycles. The molecule has 0 amide bonds. The zero-order valence-corrected chi connectivity index (χ0v) is 14.6. The molecule has 0 radical (unpaired) electrons. The Morgan fingerprint density at radius 1 is 1.24 bits per heavy atom. The minimum absolute atomic E-state index is 0.125. The van der Waals surface area contributed by atoms with Crippen LogP contribution in [0, 0.1) is 0 Å². The molecule has 0 bridgehead atoms. The summed E-state index contributed by atoms with van der Waals surface area (Å²) >= 11 is 12.4. The molecular formula is C13H20Cl2N2O3S. The first kappa shape index (κ1) is 18.6. The van der Waals surface area contributed by atoms with E-state index in [-0.39, 0.29) is 21.7 Å². The third-order valence-electron chi connectivity index (χ3n) is 2.78. The summed E-state index contributed by atoms with van der Waals surface area (Å²) in [5.41, 5.74) is 0. The van der Waals surface area contributed by atoms with Gasteiger partial charge in [0, 0.05) is 6.54 Å². The molecule has 1 aromatic rings. The zero-order valence-electron chi connectivity index (χ0n) is 12.2. The lowest BCUT2D eigenvalue weighted by Gasteiger charge is -2.19. The maximum Gasteiger partial charge on any atom is 0.351 e. The van der Waals surface area contributed by atoms with Crippen LogP contribution in [-0.4, -0.2) is 54.7 Å². The summed E-state index contributed by atoms with van der Waals surface area (Å²) in [6.07, 6.45) is 1.13. The van der Waals surface area contributed by atoms with Crippen molar-refractivity contribution in [3.05, 3.63) is 15.1 Å². The summed E-state index contributed by atoms with van der Waals surface area (Å²) in [5.74, 6) is -0.519. The summed E-state index contributed by atoms with van der Waals surface area (Å²) in [6.45, 7) is 8.41. The molecule has 1 rings (SSSR count). The maximum absolute atomic E-state index is 11.7. The summed E-state index contributed by atoms with van der Waals surface area (Å²) in [6, 6.07) is 0. The Morgan fingerprint density at radius 2 is 2.00 bits per heavy atom. The van der Waals surface area contributed by atoms with Crippen molar-refractivity contribution in [2.24, 2.45) is 0 Å². The van der Waals surface area contributed by atoms with Gasteiger partial charge in [0.2, 0.25) is 0 Å². The second-order valence-corrected chi connectivity index (χ2v) is 5.81. The van der Waals surface area contributed by atoms with E-state index in [9.17, 15) is 4.79 Å². The molecule has 5 nitrogen and oxygen atoms in total. The van der Waals surface area contributed by atoms with E-state index in [1.807, 2.05) is 0 Å². The summed E-state index contributed by atoms with van der Waals surface area (Å²) in [5, 5.41) is 0.270. The first-order valence-corrected chi connectivity index (χ1v) is 8.40. The number of nitrogens with zero attached hydrogens (tertiary/aromatic N) is 2. The van der Waals surface area contributed by atoms with Gasteiger partial charge < -0.3 is 14.4 Å². The average molecular weight is 355 g/mol. The smallest absolute Gasteiger partial charge is 0.351 e. The highest BCUT2D eigenvalue weighted by molar-refractivity contribution is 7.09. The van der Waals surface area contributed by atoms with Gasteiger partial charge in [0.1, 0.15) is 11.6 Å². The molecule has 0 unspecified atom stereocenters. The largest absolute Gasteiger partial charge is 0.459 e. The molecule has 0 aliphatic heterocycles. The number of likely N-dealkylation sites (N-methyl/N-ethyl adjacent to an activating group) is 1. The topological polar surface area (TPSA) is 51.7 Å². The van der Waals surface area contributed by atoms with E-state index in [1.54, 1.807) is 0 Å². The lowest BCUT2D eigenvalue weighted by Crippen LogP contribution is -2.28. The number of aromatic nitrogens is 1. The highest BCUT2D eigenvalue weighted by atomic mass is 35.5. The van der Waals surface area contributed by atoms with E-state index in [4.69, 9.17) is 32.7 Å². The second-order valence-electron chi connectivity index (χ2n) is 4.30. The molecule has 8 heteroatoms. The Morgan fingerprint density at radius 3 is 2.57 bits per heavy atom. The third-order valence-corrected chi connectivity index (χ3v) is 4.56. The van der Waals surface area contributed by atoms with Crippen molar-refractivity contribution < 1.29 is 14.3 Å². The quantitative estimate of drug-likeness (QED) is 0.476. The normalized spacial score (nSPS) is 11.1. The van der Waals surface area contributed by atoms with Crippen molar-refractivity contribution >= 4 is 40.7 Å². The summed E-state index contributed by atoms with van der Waals surface area (Å²) < 4.78 is 14.3. The Balaban J connectivity index is 2.14. The standard InChI is InChI=1S/C13H20Cl2N2O3S/c1-3-5-17(4-2)6-7-19-8-9-20-13(18)11-10(14)12(15)16-21-11/h3-9H2,1-2H3. The monoisotopic (exact) mass is 354 g/mol. The Bertz CT molecular complexity index is 443. The Hall–Kier alpha value is -0.400. The van der Waals surface area contributed by atoms with Crippen molar-refractivity contribution in [1.82, 2.24) is 9.27 Å². The van der Waals surface area contributed by atoms with E-state index < -0.39 is 5.97 Å². The number of carbonyl (C=O) groups excluding carboxylic acids is 1. The van der Waals surface area contributed by atoms with Gasteiger partial charge in [0.05, 0.1) is 13.2 Å². The van der Waals surface area contributed by atoms with Crippen molar-refractivity contribution in [1.29, 1.82) is 0 Å². The molecule has 0 aliphatic carbocycles. The van der Waals surface area contributed by atoms with Gasteiger partial charge in [0.15, 0.2) is 10.0 Å². The molecule has 1 heterocycles. The fraction of sp³-hybridized carbons (Fsp3) is 0.692. The number of esters is 1. The molecule has 21 heavy (non-hydrogen) atoms. The number of hydrogen-bond acceptors (Lipinski definition) is 6. The van der Waals surface area contributed by atoms with Crippen molar-refractivity contribution in [3.63, 3.8) is 0 Å². The first-order chi connectivity index (χ1) is 10.1. The first-order valence-electron chi connectivity index (χ1n) is 6.88. The number of hydrogen-bond donors (Lipinski definition) is 0. The lowest BCUT2D eigenvalue weighted by molar-refractivity contribution is 0.0289. The van der Waals surface area contributed by atoms with Gasteiger partial charge in [-0.15, -0.1) is 0 Å². The van der Waals surface area contributed by atoms with E-state index in [1.165, 1.54) is 0 Å². The van der Waals surface area contributed by atoms with Gasteiger partial charge in [-0.2, -0.15) is 4.37 Å². The van der Waals surface area contributed by atoms with Crippen LogP contribution >= 0.6 is 34.7 Å². The van der Waals surface area contributed by atoms with Crippen LogP contribution in [0.4, 0.5) is 0 Å². The van der Waals surface area contributed by atoms with Crippen LogP contribution in [0.5, 0.6) is 0 Å². The average Bonchev–Trinajstić information content (AvgIpc) is 2.81. The number of ether oxygens (including phenoxy) is 2. The van der Waals surface area contributed by atoms with Crippen LogP contribution in [0.2, 0.25) is 10.2 Å². The number of carbonyl (C=O) groups is 1. The van der Waals surface area contributed by atoms with E-state index in [0.29, 0.717) is 13.2 Å². The van der Waals surface area contributed by atoms with Crippen LogP contribution in [0.15, 0.2) is 0 Å². The fourth-order valence-electron chi connectivity index (χ4n) is 1.69. The van der Waals surface area contributed by atoms with Crippen molar-refractivity contribution in [2.75, 3.05) is 39.5 Å².